The predicted molar refractivity (Wildman–Crippen MR) is 70.1 cm³/mol. The van der Waals surface area contributed by atoms with Gasteiger partial charge < -0.3 is 10.6 Å². The van der Waals surface area contributed by atoms with Crippen molar-refractivity contribution < 1.29 is 0 Å². The molecule has 90 valence electrons. The Morgan fingerprint density at radius 2 is 2.31 bits per heavy atom. The highest BCUT2D eigenvalue weighted by Crippen LogP contribution is 2.23. The molecule has 0 amide bonds. The SMILES string of the molecule is CN1CCN(Cc2ccc(Cl)s2)C(CN)C1. The van der Waals surface area contributed by atoms with Gasteiger partial charge in [-0.3, -0.25) is 4.90 Å². The third-order valence-corrected chi connectivity index (χ3v) is 4.28. The first-order valence-corrected chi connectivity index (χ1v) is 6.75. The second-order valence-corrected chi connectivity index (χ2v) is 6.13. The molecular weight excluding hydrogens is 242 g/mol. The highest BCUT2D eigenvalue weighted by Gasteiger charge is 2.24. The number of rotatable bonds is 3. The number of hydrogen-bond donors (Lipinski definition) is 1. The van der Waals surface area contributed by atoms with Crippen molar-refractivity contribution in [2.45, 2.75) is 12.6 Å². The van der Waals surface area contributed by atoms with Crippen molar-refractivity contribution in [2.24, 2.45) is 5.73 Å². The number of nitrogens with two attached hydrogens (primary N) is 1. The molecule has 2 N–H and O–H groups in total. The number of thiophene rings is 1. The third kappa shape index (κ3) is 2.96. The average molecular weight is 260 g/mol. The van der Waals surface area contributed by atoms with Crippen molar-refractivity contribution in [3.8, 4) is 0 Å². The summed E-state index contributed by atoms with van der Waals surface area (Å²) in [6.45, 7) is 4.98. The lowest BCUT2D eigenvalue weighted by atomic mass is 10.1. The fourth-order valence-electron chi connectivity index (χ4n) is 2.12. The van der Waals surface area contributed by atoms with Gasteiger partial charge in [0.2, 0.25) is 0 Å². The summed E-state index contributed by atoms with van der Waals surface area (Å²) in [5.41, 5.74) is 5.82. The first-order chi connectivity index (χ1) is 7.69. The van der Waals surface area contributed by atoms with Gasteiger partial charge in [-0.2, -0.15) is 0 Å². The molecule has 1 atom stereocenters. The van der Waals surface area contributed by atoms with E-state index in [1.165, 1.54) is 4.88 Å². The standard InChI is InChI=1S/C11H18ClN3S/c1-14-4-5-15(9(6-13)7-14)8-10-2-3-11(12)16-10/h2-3,9H,4-8,13H2,1H3. The molecule has 1 aliphatic heterocycles. The van der Waals surface area contributed by atoms with Gasteiger partial charge in [0, 0.05) is 43.6 Å². The summed E-state index contributed by atoms with van der Waals surface area (Å²) in [5.74, 6) is 0. The summed E-state index contributed by atoms with van der Waals surface area (Å²) >= 11 is 7.60. The highest BCUT2D eigenvalue weighted by molar-refractivity contribution is 7.16. The maximum absolute atomic E-state index is 5.94. The maximum Gasteiger partial charge on any atom is 0.0931 e. The molecule has 1 aromatic rings. The average Bonchev–Trinajstić information content (AvgIpc) is 2.67. The number of hydrogen-bond acceptors (Lipinski definition) is 4. The van der Waals surface area contributed by atoms with Crippen LogP contribution in [-0.2, 0) is 6.54 Å². The molecule has 16 heavy (non-hydrogen) atoms. The van der Waals surface area contributed by atoms with Gasteiger partial charge in [-0.15, -0.1) is 11.3 Å². The number of nitrogens with zero attached hydrogens (tertiary/aromatic N) is 2. The normalized spacial score (nSPS) is 23.8. The second kappa shape index (κ2) is 5.47. The summed E-state index contributed by atoms with van der Waals surface area (Å²) in [7, 11) is 2.15. The topological polar surface area (TPSA) is 32.5 Å². The Bertz CT molecular complexity index is 342. The summed E-state index contributed by atoms with van der Waals surface area (Å²) in [4.78, 5) is 6.13. The van der Waals surface area contributed by atoms with Crippen LogP contribution in [-0.4, -0.2) is 49.1 Å². The lowest BCUT2D eigenvalue weighted by Crippen LogP contribution is -2.54. The zero-order valence-corrected chi connectivity index (χ0v) is 11.1. The molecule has 1 aromatic heterocycles. The van der Waals surface area contributed by atoms with E-state index in [4.69, 9.17) is 17.3 Å². The molecule has 1 fully saturated rings. The molecular formula is C11H18ClN3S. The predicted octanol–water partition coefficient (Wildman–Crippen LogP) is 1.48. The van der Waals surface area contributed by atoms with E-state index in [1.54, 1.807) is 11.3 Å². The largest absolute Gasteiger partial charge is 0.329 e. The van der Waals surface area contributed by atoms with Gasteiger partial charge in [-0.25, -0.2) is 0 Å². The molecule has 1 aliphatic rings. The van der Waals surface area contributed by atoms with Crippen LogP contribution in [0.2, 0.25) is 4.34 Å². The minimum Gasteiger partial charge on any atom is -0.329 e. The monoisotopic (exact) mass is 259 g/mol. The van der Waals surface area contributed by atoms with Gasteiger partial charge in [-0.1, -0.05) is 11.6 Å². The minimum absolute atomic E-state index is 0.472. The number of halogens is 1. The Balaban J connectivity index is 1.97. The fourth-order valence-corrected chi connectivity index (χ4v) is 3.23. The molecule has 3 nitrogen and oxygen atoms in total. The zero-order valence-electron chi connectivity index (χ0n) is 9.53. The first kappa shape index (κ1) is 12.3. The Kier molecular flexibility index (Phi) is 4.21. The van der Waals surface area contributed by atoms with Gasteiger partial charge in [0.15, 0.2) is 0 Å². The molecule has 1 unspecified atom stereocenters. The Morgan fingerprint density at radius 3 is 2.94 bits per heavy atom. The summed E-state index contributed by atoms with van der Waals surface area (Å²) < 4.78 is 0.869. The lowest BCUT2D eigenvalue weighted by Gasteiger charge is -2.39. The Hall–Kier alpha value is -0.130. The fraction of sp³-hybridized carbons (Fsp3) is 0.636. The van der Waals surface area contributed by atoms with Crippen LogP contribution in [0.1, 0.15) is 4.88 Å². The molecule has 0 bridgehead atoms. The molecule has 1 saturated heterocycles. The van der Waals surface area contributed by atoms with Gasteiger partial charge >= 0.3 is 0 Å². The van der Waals surface area contributed by atoms with Crippen LogP contribution in [0, 0.1) is 0 Å². The van der Waals surface area contributed by atoms with Crippen LogP contribution >= 0.6 is 22.9 Å². The van der Waals surface area contributed by atoms with Crippen LogP contribution < -0.4 is 5.73 Å². The number of likely N-dealkylation sites (N-methyl/N-ethyl adjacent to an activating group) is 1. The second-order valence-electron chi connectivity index (χ2n) is 4.33. The summed E-state index contributed by atoms with van der Waals surface area (Å²) in [6.07, 6.45) is 0. The lowest BCUT2D eigenvalue weighted by molar-refractivity contribution is 0.0890. The molecule has 2 rings (SSSR count). The van der Waals surface area contributed by atoms with Crippen molar-refractivity contribution in [3.63, 3.8) is 0 Å². The van der Waals surface area contributed by atoms with Crippen molar-refractivity contribution in [3.05, 3.63) is 21.3 Å². The van der Waals surface area contributed by atoms with Crippen LogP contribution in [0.5, 0.6) is 0 Å². The van der Waals surface area contributed by atoms with Crippen molar-refractivity contribution in [2.75, 3.05) is 33.2 Å². The van der Waals surface area contributed by atoms with Crippen LogP contribution in [0.25, 0.3) is 0 Å². The molecule has 0 aromatic carbocycles. The Morgan fingerprint density at radius 1 is 1.50 bits per heavy atom. The van der Waals surface area contributed by atoms with E-state index in [-0.39, 0.29) is 0 Å². The van der Waals surface area contributed by atoms with Crippen LogP contribution in [0.4, 0.5) is 0 Å². The quantitative estimate of drug-likeness (QED) is 0.893. The van der Waals surface area contributed by atoms with Crippen LogP contribution in [0.3, 0.4) is 0 Å². The molecule has 2 heterocycles. The molecule has 0 spiro atoms. The zero-order chi connectivity index (χ0) is 11.5. The summed E-state index contributed by atoms with van der Waals surface area (Å²) in [6, 6.07) is 4.55. The van der Waals surface area contributed by atoms with E-state index in [0.717, 1.165) is 37.1 Å². The summed E-state index contributed by atoms with van der Waals surface area (Å²) in [5, 5.41) is 0. The highest BCUT2D eigenvalue weighted by atomic mass is 35.5. The molecule has 0 saturated carbocycles. The Labute approximate surface area is 106 Å². The van der Waals surface area contributed by atoms with E-state index >= 15 is 0 Å². The van der Waals surface area contributed by atoms with E-state index in [2.05, 4.69) is 22.9 Å². The first-order valence-electron chi connectivity index (χ1n) is 5.56. The van der Waals surface area contributed by atoms with Crippen molar-refractivity contribution in [1.82, 2.24) is 9.80 Å². The minimum atomic E-state index is 0.472. The number of piperazine rings is 1. The molecule has 0 radical (unpaired) electrons. The van der Waals surface area contributed by atoms with E-state index in [9.17, 15) is 0 Å². The maximum atomic E-state index is 5.94. The van der Waals surface area contributed by atoms with Crippen LogP contribution in [0.15, 0.2) is 12.1 Å². The smallest absolute Gasteiger partial charge is 0.0931 e. The van der Waals surface area contributed by atoms with Gasteiger partial charge in [0.1, 0.15) is 0 Å². The van der Waals surface area contributed by atoms with Gasteiger partial charge in [0.05, 0.1) is 4.34 Å². The van der Waals surface area contributed by atoms with E-state index in [1.807, 2.05) is 6.07 Å². The third-order valence-electron chi connectivity index (χ3n) is 3.07. The molecule has 5 heteroatoms. The van der Waals surface area contributed by atoms with Gasteiger partial charge in [-0.05, 0) is 19.2 Å². The van der Waals surface area contributed by atoms with E-state index < -0.39 is 0 Å². The molecule has 0 aliphatic carbocycles. The van der Waals surface area contributed by atoms with Crippen molar-refractivity contribution >= 4 is 22.9 Å². The van der Waals surface area contributed by atoms with Gasteiger partial charge in [0.25, 0.3) is 0 Å². The van der Waals surface area contributed by atoms with Crippen molar-refractivity contribution in [1.29, 1.82) is 0 Å². The van der Waals surface area contributed by atoms with E-state index in [0.29, 0.717) is 6.04 Å².